The molecule has 1 amide bonds. The molecule has 34 heavy (non-hydrogen) atoms. The van der Waals surface area contributed by atoms with Crippen molar-refractivity contribution in [3.05, 3.63) is 104 Å². The standard InChI is InChI=1S/C26H18ClNO6/c1-32-18-10-8-17(9-11-18)28-22(14-3-5-15(6-4-14)26(31)33-2)21-23(29)19-13-16(27)7-12-20(19)34-24(21)25(28)30/h3-13,22H,1-2H3. The van der Waals surface area contributed by atoms with Gasteiger partial charge in [-0.05, 0) is 60.2 Å². The fourth-order valence-electron chi connectivity index (χ4n) is 4.19. The lowest BCUT2D eigenvalue weighted by Gasteiger charge is -2.25. The highest BCUT2D eigenvalue weighted by atomic mass is 35.5. The summed E-state index contributed by atoms with van der Waals surface area (Å²) in [6, 6.07) is 17.4. The number of hydrogen-bond donors (Lipinski definition) is 0. The lowest BCUT2D eigenvalue weighted by molar-refractivity contribution is 0.0600. The second-order valence-corrected chi connectivity index (χ2v) is 8.14. The minimum absolute atomic E-state index is 0.0299. The summed E-state index contributed by atoms with van der Waals surface area (Å²) in [6.45, 7) is 0. The summed E-state index contributed by atoms with van der Waals surface area (Å²) in [4.78, 5) is 40.6. The first kappa shape index (κ1) is 21.7. The Hall–Kier alpha value is -4.10. The monoisotopic (exact) mass is 475 g/mol. The van der Waals surface area contributed by atoms with Crippen LogP contribution in [0.1, 0.15) is 38.1 Å². The second kappa shape index (κ2) is 8.35. The topological polar surface area (TPSA) is 86.0 Å². The van der Waals surface area contributed by atoms with Gasteiger partial charge in [0.2, 0.25) is 5.76 Å². The number of carbonyl (C=O) groups excluding carboxylic acids is 2. The number of carbonyl (C=O) groups is 2. The molecule has 0 aliphatic carbocycles. The summed E-state index contributed by atoms with van der Waals surface area (Å²) in [5.41, 5.74) is 1.68. The van der Waals surface area contributed by atoms with Gasteiger partial charge in [-0.25, -0.2) is 4.79 Å². The van der Waals surface area contributed by atoms with Gasteiger partial charge in [-0.2, -0.15) is 0 Å². The average molecular weight is 476 g/mol. The summed E-state index contributed by atoms with van der Waals surface area (Å²) in [7, 11) is 2.85. The van der Waals surface area contributed by atoms with Crippen LogP contribution in [-0.4, -0.2) is 26.1 Å². The number of ether oxygens (including phenoxy) is 2. The van der Waals surface area contributed by atoms with Crippen molar-refractivity contribution in [1.29, 1.82) is 0 Å². The summed E-state index contributed by atoms with van der Waals surface area (Å²) in [6.07, 6.45) is 0. The third-order valence-corrected chi connectivity index (χ3v) is 6.07. The lowest BCUT2D eigenvalue weighted by atomic mass is 9.97. The minimum atomic E-state index is -0.776. The van der Waals surface area contributed by atoms with Crippen molar-refractivity contribution in [2.24, 2.45) is 0 Å². The van der Waals surface area contributed by atoms with Crippen LogP contribution in [0.5, 0.6) is 5.75 Å². The number of nitrogens with zero attached hydrogens (tertiary/aromatic N) is 1. The van der Waals surface area contributed by atoms with Gasteiger partial charge in [0.05, 0.1) is 36.8 Å². The molecular formula is C26H18ClNO6. The van der Waals surface area contributed by atoms with E-state index >= 15 is 0 Å². The third-order valence-electron chi connectivity index (χ3n) is 5.83. The molecule has 1 unspecified atom stereocenters. The molecule has 1 aromatic heterocycles. The second-order valence-electron chi connectivity index (χ2n) is 7.70. The summed E-state index contributed by atoms with van der Waals surface area (Å²) >= 11 is 6.12. The normalized spacial score (nSPS) is 14.9. The molecule has 0 bridgehead atoms. The molecule has 7 nitrogen and oxygen atoms in total. The molecule has 170 valence electrons. The Labute approximate surface area is 199 Å². The van der Waals surface area contributed by atoms with Crippen molar-refractivity contribution in [2.45, 2.75) is 6.04 Å². The van der Waals surface area contributed by atoms with E-state index in [1.807, 2.05) is 0 Å². The van der Waals surface area contributed by atoms with E-state index in [1.165, 1.54) is 18.1 Å². The highest BCUT2D eigenvalue weighted by Crippen LogP contribution is 2.41. The maximum atomic E-state index is 13.6. The molecule has 1 aliphatic heterocycles. The first-order valence-corrected chi connectivity index (χ1v) is 10.7. The van der Waals surface area contributed by atoms with Crippen LogP contribution in [0.15, 0.2) is 75.9 Å². The molecule has 0 spiro atoms. The number of hydrogen-bond acceptors (Lipinski definition) is 6. The number of rotatable bonds is 4. The number of esters is 1. The predicted molar refractivity (Wildman–Crippen MR) is 127 cm³/mol. The highest BCUT2D eigenvalue weighted by Gasteiger charge is 2.43. The van der Waals surface area contributed by atoms with Crippen molar-refractivity contribution in [3.63, 3.8) is 0 Å². The summed E-state index contributed by atoms with van der Waals surface area (Å²) < 4.78 is 15.9. The summed E-state index contributed by atoms with van der Waals surface area (Å²) in [5.74, 6) is -0.336. The van der Waals surface area contributed by atoms with Crippen molar-refractivity contribution in [3.8, 4) is 5.75 Å². The first-order chi connectivity index (χ1) is 16.4. The molecule has 1 atom stereocenters. The van der Waals surface area contributed by atoms with Gasteiger partial charge in [-0.1, -0.05) is 23.7 Å². The SMILES string of the molecule is COC(=O)c1ccc(C2c3c(oc4ccc(Cl)cc4c3=O)C(=O)N2c2ccc(OC)cc2)cc1. The maximum absolute atomic E-state index is 13.6. The Morgan fingerprint density at radius 2 is 1.68 bits per heavy atom. The van der Waals surface area contributed by atoms with Crippen LogP contribution < -0.4 is 15.1 Å². The molecule has 4 aromatic rings. The first-order valence-electron chi connectivity index (χ1n) is 10.3. The largest absolute Gasteiger partial charge is 0.497 e. The van der Waals surface area contributed by atoms with Gasteiger partial charge < -0.3 is 13.9 Å². The van der Waals surface area contributed by atoms with Crippen LogP contribution in [0, 0.1) is 0 Å². The predicted octanol–water partition coefficient (Wildman–Crippen LogP) is 4.99. The van der Waals surface area contributed by atoms with Crippen LogP contribution >= 0.6 is 11.6 Å². The lowest BCUT2D eigenvalue weighted by Crippen LogP contribution is -2.29. The molecule has 0 N–H and O–H groups in total. The fraction of sp³-hybridized carbons (Fsp3) is 0.115. The highest BCUT2D eigenvalue weighted by molar-refractivity contribution is 6.31. The van der Waals surface area contributed by atoms with Gasteiger partial charge in [0.1, 0.15) is 11.3 Å². The maximum Gasteiger partial charge on any atom is 0.337 e. The molecule has 5 rings (SSSR count). The van der Waals surface area contributed by atoms with E-state index in [0.717, 1.165) is 0 Å². The number of fused-ring (bicyclic) bond motifs is 2. The van der Waals surface area contributed by atoms with E-state index in [-0.39, 0.29) is 27.7 Å². The minimum Gasteiger partial charge on any atom is -0.497 e. The number of amides is 1. The van der Waals surface area contributed by atoms with Crippen molar-refractivity contribution in [1.82, 2.24) is 0 Å². The molecule has 0 fully saturated rings. The molecule has 0 saturated carbocycles. The number of anilines is 1. The molecule has 1 aliphatic rings. The van der Waals surface area contributed by atoms with Crippen LogP contribution in [0.4, 0.5) is 5.69 Å². The molecule has 0 saturated heterocycles. The van der Waals surface area contributed by atoms with Gasteiger partial charge in [0.15, 0.2) is 5.43 Å². The average Bonchev–Trinajstić information content (AvgIpc) is 3.16. The fourth-order valence-corrected chi connectivity index (χ4v) is 4.36. The quantitative estimate of drug-likeness (QED) is 0.386. The van der Waals surface area contributed by atoms with E-state index in [4.69, 9.17) is 25.5 Å². The van der Waals surface area contributed by atoms with Gasteiger partial charge in [-0.3, -0.25) is 14.5 Å². The van der Waals surface area contributed by atoms with Crippen molar-refractivity contribution in [2.75, 3.05) is 19.1 Å². The van der Waals surface area contributed by atoms with Crippen LogP contribution in [0.2, 0.25) is 5.02 Å². The zero-order valence-electron chi connectivity index (χ0n) is 18.2. The molecule has 2 heterocycles. The van der Waals surface area contributed by atoms with E-state index < -0.39 is 17.9 Å². The molecule has 8 heteroatoms. The third kappa shape index (κ3) is 3.41. The number of methoxy groups -OCH3 is 2. The molecule has 3 aromatic carbocycles. The summed E-state index contributed by atoms with van der Waals surface area (Å²) in [5, 5.41) is 0.668. The van der Waals surface area contributed by atoms with E-state index in [2.05, 4.69) is 0 Å². The zero-order chi connectivity index (χ0) is 24.0. The smallest absolute Gasteiger partial charge is 0.337 e. The van der Waals surface area contributed by atoms with Crippen LogP contribution in [-0.2, 0) is 4.74 Å². The Bertz CT molecular complexity index is 1490. The van der Waals surface area contributed by atoms with Gasteiger partial charge in [0.25, 0.3) is 5.91 Å². The van der Waals surface area contributed by atoms with Crippen LogP contribution in [0.3, 0.4) is 0 Å². The number of halogens is 1. The zero-order valence-corrected chi connectivity index (χ0v) is 19.0. The Morgan fingerprint density at radius 1 is 0.971 bits per heavy atom. The van der Waals surface area contributed by atoms with Gasteiger partial charge in [0, 0.05) is 10.7 Å². The Morgan fingerprint density at radius 3 is 2.32 bits per heavy atom. The van der Waals surface area contributed by atoms with Gasteiger partial charge >= 0.3 is 5.97 Å². The Kier molecular flexibility index (Phi) is 5.34. The number of benzene rings is 3. The van der Waals surface area contributed by atoms with E-state index in [0.29, 0.717) is 27.6 Å². The Balaban J connectivity index is 1.74. The van der Waals surface area contributed by atoms with E-state index in [9.17, 15) is 14.4 Å². The van der Waals surface area contributed by atoms with Crippen molar-refractivity contribution < 1.29 is 23.5 Å². The van der Waals surface area contributed by atoms with E-state index in [1.54, 1.807) is 67.8 Å². The van der Waals surface area contributed by atoms with Crippen molar-refractivity contribution >= 4 is 40.1 Å². The molecular weight excluding hydrogens is 458 g/mol. The van der Waals surface area contributed by atoms with Gasteiger partial charge in [-0.15, -0.1) is 0 Å². The molecule has 0 radical (unpaired) electrons. The van der Waals surface area contributed by atoms with Crippen LogP contribution in [0.25, 0.3) is 11.0 Å².